The standard InChI is InChI=1S/C16H17N3O6S/c17-16(22)19(12-4-1-11(2-5-12)3-10-15(20)21)13-6-8-14(9-7-13)25-26(18,23)24/h1-2,4-9H,3,10H2,(H2,17,22)(H,20,21)(H2,18,23,24). The van der Waals surface area contributed by atoms with Crippen molar-refractivity contribution >= 4 is 33.7 Å². The maximum Gasteiger partial charge on any atom is 0.380 e. The summed E-state index contributed by atoms with van der Waals surface area (Å²) in [5, 5.41) is 13.5. The van der Waals surface area contributed by atoms with E-state index in [1.807, 2.05) is 0 Å². The molecule has 26 heavy (non-hydrogen) atoms. The number of rotatable bonds is 7. The molecule has 0 aliphatic heterocycles. The molecule has 0 saturated heterocycles. The fourth-order valence-electron chi connectivity index (χ4n) is 2.25. The third kappa shape index (κ3) is 5.46. The average Bonchev–Trinajstić information content (AvgIpc) is 2.54. The van der Waals surface area contributed by atoms with Crippen molar-refractivity contribution in [2.24, 2.45) is 10.9 Å². The maximum absolute atomic E-state index is 11.8. The summed E-state index contributed by atoms with van der Waals surface area (Å²) >= 11 is 0. The van der Waals surface area contributed by atoms with Crippen LogP contribution in [0.15, 0.2) is 48.5 Å². The number of benzene rings is 2. The topological polar surface area (TPSA) is 153 Å². The second kappa shape index (κ2) is 7.85. The van der Waals surface area contributed by atoms with Gasteiger partial charge in [0.1, 0.15) is 5.75 Å². The predicted molar refractivity (Wildman–Crippen MR) is 94.3 cm³/mol. The quantitative estimate of drug-likeness (QED) is 0.662. The van der Waals surface area contributed by atoms with Gasteiger partial charge in [-0.05, 0) is 48.4 Å². The lowest BCUT2D eigenvalue weighted by atomic mass is 10.1. The van der Waals surface area contributed by atoms with Gasteiger partial charge in [0, 0.05) is 6.42 Å². The third-order valence-corrected chi connectivity index (χ3v) is 3.77. The summed E-state index contributed by atoms with van der Waals surface area (Å²) in [4.78, 5) is 23.7. The number of hydrogen-bond donors (Lipinski definition) is 3. The van der Waals surface area contributed by atoms with Gasteiger partial charge in [-0.25, -0.2) is 4.79 Å². The molecule has 0 saturated carbocycles. The molecule has 0 heterocycles. The van der Waals surface area contributed by atoms with Gasteiger partial charge in [0.15, 0.2) is 0 Å². The number of primary amides is 1. The van der Waals surface area contributed by atoms with Crippen LogP contribution in [0.3, 0.4) is 0 Å². The molecule has 0 spiro atoms. The van der Waals surface area contributed by atoms with Gasteiger partial charge >= 0.3 is 22.3 Å². The summed E-state index contributed by atoms with van der Waals surface area (Å²) in [6.07, 6.45) is 0.371. The highest BCUT2D eigenvalue weighted by Gasteiger charge is 2.16. The molecule has 0 radical (unpaired) electrons. The summed E-state index contributed by atoms with van der Waals surface area (Å²) in [6.45, 7) is 0. The number of carbonyl (C=O) groups is 2. The molecular weight excluding hydrogens is 362 g/mol. The number of carbonyl (C=O) groups excluding carboxylic acids is 1. The first-order chi connectivity index (χ1) is 12.2. The van der Waals surface area contributed by atoms with Gasteiger partial charge in [-0.2, -0.15) is 13.6 Å². The van der Waals surface area contributed by atoms with Crippen molar-refractivity contribution in [3.8, 4) is 5.75 Å². The van der Waals surface area contributed by atoms with Crippen LogP contribution in [0.1, 0.15) is 12.0 Å². The smallest absolute Gasteiger partial charge is 0.380 e. The first-order valence-electron chi connectivity index (χ1n) is 7.38. The summed E-state index contributed by atoms with van der Waals surface area (Å²) < 4.78 is 26.4. The molecule has 9 nitrogen and oxygen atoms in total. The van der Waals surface area contributed by atoms with E-state index >= 15 is 0 Å². The molecule has 0 aromatic heterocycles. The van der Waals surface area contributed by atoms with E-state index in [0.29, 0.717) is 17.8 Å². The number of aryl methyl sites for hydroxylation is 1. The Morgan fingerprint density at radius 3 is 1.92 bits per heavy atom. The first kappa shape index (κ1) is 19.2. The second-order valence-electron chi connectivity index (χ2n) is 5.30. The summed E-state index contributed by atoms with van der Waals surface area (Å²) in [7, 11) is -4.14. The van der Waals surface area contributed by atoms with Gasteiger partial charge in [0.25, 0.3) is 0 Å². The Balaban J connectivity index is 2.23. The largest absolute Gasteiger partial charge is 0.481 e. The lowest BCUT2D eigenvalue weighted by Gasteiger charge is -2.21. The number of hydrogen-bond acceptors (Lipinski definition) is 5. The van der Waals surface area contributed by atoms with Crippen LogP contribution in [-0.4, -0.2) is 25.5 Å². The molecule has 0 bridgehead atoms. The van der Waals surface area contributed by atoms with E-state index in [1.54, 1.807) is 24.3 Å². The first-order valence-corrected chi connectivity index (χ1v) is 8.85. The minimum atomic E-state index is -4.14. The average molecular weight is 379 g/mol. The Kier molecular flexibility index (Phi) is 5.80. The number of nitrogens with zero attached hydrogens (tertiary/aromatic N) is 1. The van der Waals surface area contributed by atoms with Crippen molar-refractivity contribution in [1.82, 2.24) is 0 Å². The van der Waals surface area contributed by atoms with Crippen molar-refractivity contribution in [3.05, 3.63) is 54.1 Å². The Labute approximate surface area is 150 Å². The zero-order valence-electron chi connectivity index (χ0n) is 13.5. The van der Waals surface area contributed by atoms with E-state index in [0.717, 1.165) is 5.56 Å². The molecule has 0 unspecified atom stereocenters. The van der Waals surface area contributed by atoms with E-state index in [2.05, 4.69) is 4.18 Å². The third-order valence-electron chi connectivity index (χ3n) is 3.35. The normalized spacial score (nSPS) is 11.0. The van der Waals surface area contributed by atoms with Crippen LogP contribution in [0, 0.1) is 0 Å². The Bertz CT molecular complexity index is 895. The van der Waals surface area contributed by atoms with Crippen molar-refractivity contribution in [1.29, 1.82) is 0 Å². The van der Waals surface area contributed by atoms with Crippen LogP contribution in [0.25, 0.3) is 0 Å². The van der Waals surface area contributed by atoms with E-state index in [9.17, 15) is 18.0 Å². The lowest BCUT2D eigenvalue weighted by Crippen LogP contribution is -2.31. The van der Waals surface area contributed by atoms with Gasteiger partial charge in [-0.15, -0.1) is 0 Å². The predicted octanol–water partition coefficient (Wildman–Crippen LogP) is 1.50. The molecule has 2 amide bonds. The molecule has 0 aliphatic rings. The fraction of sp³-hybridized carbons (Fsp3) is 0.125. The molecule has 0 fully saturated rings. The number of urea groups is 1. The lowest BCUT2D eigenvalue weighted by molar-refractivity contribution is -0.136. The van der Waals surface area contributed by atoms with Crippen LogP contribution >= 0.6 is 0 Å². The zero-order chi connectivity index (χ0) is 19.3. The summed E-state index contributed by atoms with van der Waals surface area (Å²) in [6, 6.07) is 11.5. The fourth-order valence-corrected chi connectivity index (χ4v) is 2.63. The molecule has 2 aromatic carbocycles. The van der Waals surface area contributed by atoms with Crippen LogP contribution in [-0.2, 0) is 21.5 Å². The second-order valence-corrected chi connectivity index (χ2v) is 6.46. The van der Waals surface area contributed by atoms with Crippen LogP contribution in [0.5, 0.6) is 5.75 Å². The van der Waals surface area contributed by atoms with Gasteiger partial charge in [0.2, 0.25) is 0 Å². The Morgan fingerprint density at radius 1 is 1.00 bits per heavy atom. The molecule has 5 N–H and O–H groups in total. The van der Waals surface area contributed by atoms with Crippen LogP contribution in [0.2, 0.25) is 0 Å². The van der Waals surface area contributed by atoms with Gasteiger partial charge in [0.05, 0.1) is 11.4 Å². The minimum absolute atomic E-state index is 0.00436. The van der Waals surface area contributed by atoms with Crippen LogP contribution < -0.4 is 20.0 Å². The van der Waals surface area contributed by atoms with Crippen molar-refractivity contribution < 1.29 is 27.3 Å². The van der Waals surface area contributed by atoms with Crippen LogP contribution in [0.4, 0.5) is 16.2 Å². The molecule has 2 rings (SSSR count). The number of nitrogens with two attached hydrogens (primary N) is 2. The monoisotopic (exact) mass is 379 g/mol. The Morgan fingerprint density at radius 2 is 1.50 bits per heavy atom. The van der Waals surface area contributed by atoms with Crippen molar-refractivity contribution in [3.63, 3.8) is 0 Å². The van der Waals surface area contributed by atoms with Crippen molar-refractivity contribution in [2.75, 3.05) is 4.90 Å². The number of anilines is 2. The minimum Gasteiger partial charge on any atom is -0.481 e. The van der Waals surface area contributed by atoms with Gasteiger partial charge < -0.3 is 15.0 Å². The molecule has 2 aromatic rings. The van der Waals surface area contributed by atoms with E-state index in [1.165, 1.54) is 29.2 Å². The van der Waals surface area contributed by atoms with E-state index < -0.39 is 22.3 Å². The molecule has 10 heteroatoms. The van der Waals surface area contributed by atoms with Crippen molar-refractivity contribution in [2.45, 2.75) is 12.8 Å². The highest BCUT2D eigenvalue weighted by molar-refractivity contribution is 7.84. The number of amides is 2. The highest BCUT2D eigenvalue weighted by Crippen LogP contribution is 2.27. The molecule has 138 valence electrons. The molecule has 0 aliphatic carbocycles. The highest BCUT2D eigenvalue weighted by atomic mass is 32.2. The van der Waals surface area contributed by atoms with E-state index in [-0.39, 0.29) is 12.2 Å². The number of carboxylic acid groups (broad SMARTS) is 1. The number of carboxylic acids is 1. The molecular formula is C16H17N3O6S. The zero-order valence-corrected chi connectivity index (χ0v) is 14.3. The van der Waals surface area contributed by atoms with E-state index in [4.69, 9.17) is 16.0 Å². The Hall–Kier alpha value is -3.11. The summed E-state index contributed by atoms with van der Waals surface area (Å²) in [5.74, 6) is -0.903. The summed E-state index contributed by atoms with van der Waals surface area (Å²) in [5.41, 5.74) is 7.10. The maximum atomic E-state index is 11.8. The molecule has 0 atom stereocenters. The number of aliphatic carboxylic acids is 1. The SMILES string of the molecule is NC(=O)N(c1ccc(CCC(=O)O)cc1)c1ccc(OS(N)(=O)=O)cc1. The van der Waals surface area contributed by atoms with Gasteiger partial charge in [-0.1, -0.05) is 12.1 Å². The van der Waals surface area contributed by atoms with Gasteiger partial charge in [-0.3, -0.25) is 9.69 Å².